The first-order valence-corrected chi connectivity index (χ1v) is 5.66. The van der Waals surface area contributed by atoms with Crippen molar-refractivity contribution in [3.63, 3.8) is 0 Å². The van der Waals surface area contributed by atoms with Crippen molar-refractivity contribution in [2.45, 2.75) is 31.8 Å². The normalized spacial score (nSPS) is 24.9. The lowest BCUT2D eigenvalue weighted by Gasteiger charge is -2.32. The average molecular weight is 213 g/mol. The maximum Gasteiger partial charge on any atom is 0.238 e. The smallest absolute Gasteiger partial charge is 0.238 e. The van der Waals surface area contributed by atoms with Gasteiger partial charge in [-0.25, -0.2) is 0 Å². The van der Waals surface area contributed by atoms with Crippen LogP contribution < -0.4 is 5.32 Å². The van der Waals surface area contributed by atoms with Crippen molar-refractivity contribution in [3.8, 4) is 0 Å². The maximum absolute atomic E-state index is 11.6. The number of nitrogens with zero attached hydrogens (tertiary/aromatic N) is 2. The summed E-state index contributed by atoms with van der Waals surface area (Å²) in [5, 5.41) is 3.40. The van der Waals surface area contributed by atoms with Crippen LogP contribution in [0.25, 0.3) is 0 Å². The second kappa shape index (κ2) is 5.47. The van der Waals surface area contributed by atoms with Gasteiger partial charge in [0.05, 0.1) is 6.04 Å². The third-order valence-electron chi connectivity index (χ3n) is 2.92. The molecule has 15 heavy (non-hydrogen) atoms. The molecule has 0 aromatic rings. The molecule has 1 heterocycles. The Hall–Kier alpha value is -0.610. The van der Waals surface area contributed by atoms with Crippen molar-refractivity contribution < 1.29 is 4.79 Å². The minimum Gasteiger partial charge on any atom is -0.347 e. The van der Waals surface area contributed by atoms with E-state index in [1.54, 1.807) is 19.0 Å². The van der Waals surface area contributed by atoms with Crippen molar-refractivity contribution in [3.05, 3.63) is 0 Å². The molecule has 4 nitrogen and oxygen atoms in total. The predicted molar refractivity (Wildman–Crippen MR) is 61.8 cm³/mol. The van der Waals surface area contributed by atoms with Crippen molar-refractivity contribution in [2.24, 2.45) is 0 Å². The molecule has 1 rings (SSSR count). The van der Waals surface area contributed by atoms with Crippen LogP contribution in [0.15, 0.2) is 0 Å². The van der Waals surface area contributed by atoms with Crippen LogP contribution in [0.3, 0.4) is 0 Å². The van der Waals surface area contributed by atoms with Gasteiger partial charge >= 0.3 is 0 Å². The summed E-state index contributed by atoms with van der Waals surface area (Å²) in [6.07, 6.45) is 2.40. The molecule has 88 valence electrons. The first-order valence-electron chi connectivity index (χ1n) is 5.66. The minimum absolute atomic E-state index is 0.0727. The van der Waals surface area contributed by atoms with Gasteiger partial charge in [0.25, 0.3) is 0 Å². The standard InChI is InChI=1S/C11H23N3O/c1-9(11(15)13(2)3)12-10-6-5-7-14(4)8-10/h9-10,12H,5-8H2,1-4H3. The number of amides is 1. The fraction of sp³-hybridized carbons (Fsp3) is 0.909. The molecule has 0 aliphatic carbocycles. The number of likely N-dealkylation sites (tertiary alicyclic amines) is 1. The molecule has 1 amide bonds. The Bertz CT molecular complexity index is 218. The second-order valence-corrected chi connectivity index (χ2v) is 4.72. The zero-order valence-corrected chi connectivity index (χ0v) is 10.3. The molecule has 0 radical (unpaired) electrons. The Morgan fingerprint density at radius 3 is 2.73 bits per heavy atom. The molecule has 2 unspecified atom stereocenters. The molecule has 0 aromatic heterocycles. The highest BCUT2D eigenvalue weighted by molar-refractivity contribution is 5.80. The largest absolute Gasteiger partial charge is 0.347 e. The van der Waals surface area contributed by atoms with Crippen molar-refractivity contribution in [1.82, 2.24) is 15.1 Å². The molecule has 2 atom stereocenters. The van der Waals surface area contributed by atoms with E-state index in [0.29, 0.717) is 6.04 Å². The van der Waals surface area contributed by atoms with E-state index in [0.717, 1.165) is 6.54 Å². The summed E-state index contributed by atoms with van der Waals surface area (Å²) in [5.41, 5.74) is 0. The molecular weight excluding hydrogens is 190 g/mol. The molecule has 0 spiro atoms. The molecule has 1 saturated heterocycles. The first kappa shape index (κ1) is 12.5. The van der Waals surface area contributed by atoms with Gasteiger partial charge < -0.3 is 15.1 Å². The second-order valence-electron chi connectivity index (χ2n) is 4.72. The Labute approximate surface area is 92.6 Å². The van der Waals surface area contributed by atoms with Gasteiger partial charge in [0.15, 0.2) is 0 Å². The van der Waals surface area contributed by atoms with E-state index < -0.39 is 0 Å². The number of rotatable bonds is 3. The number of carbonyl (C=O) groups excluding carboxylic acids is 1. The summed E-state index contributed by atoms with van der Waals surface area (Å²) >= 11 is 0. The summed E-state index contributed by atoms with van der Waals surface area (Å²) in [6, 6.07) is 0.388. The van der Waals surface area contributed by atoms with Gasteiger partial charge in [-0.2, -0.15) is 0 Å². The van der Waals surface area contributed by atoms with E-state index in [9.17, 15) is 4.79 Å². The highest BCUT2D eigenvalue weighted by atomic mass is 16.2. The van der Waals surface area contributed by atoms with Gasteiger partial charge in [-0.1, -0.05) is 0 Å². The Balaban J connectivity index is 2.36. The zero-order valence-electron chi connectivity index (χ0n) is 10.3. The third-order valence-corrected chi connectivity index (χ3v) is 2.92. The Kier molecular flexibility index (Phi) is 4.54. The van der Waals surface area contributed by atoms with E-state index in [2.05, 4.69) is 17.3 Å². The highest BCUT2D eigenvalue weighted by Crippen LogP contribution is 2.08. The Morgan fingerprint density at radius 1 is 1.53 bits per heavy atom. The van der Waals surface area contributed by atoms with Crippen LogP contribution in [0.5, 0.6) is 0 Å². The molecule has 4 heteroatoms. The van der Waals surface area contributed by atoms with E-state index in [1.165, 1.54) is 19.4 Å². The van der Waals surface area contributed by atoms with Crippen LogP contribution in [-0.2, 0) is 4.79 Å². The van der Waals surface area contributed by atoms with Crippen molar-refractivity contribution in [2.75, 3.05) is 34.2 Å². The molecule has 0 aromatic carbocycles. The van der Waals surface area contributed by atoms with Gasteiger partial charge in [-0.3, -0.25) is 4.79 Å². The number of likely N-dealkylation sites (N-methyl/N-ethyl adjacent to an activating group) is 2. The molecule has 1 aliphatic heterocycles. The van der Waals surface area contributed by atoms with Crippen LogP contribution in [0.4, 0.5) is 0 Å². The average Bonchev–Trinajstić information content (AvgIpc) is 2.16. The Morgan fingerprint density at radius 2 is 2.20 bits per heavy atom. The lowest BCUT2D eigenvalue weighted by atomic mass is 10.1. The first-order chi connectivity index (χ1) is 7.00. The summed E-state index contributed by atoms with van der Waals surface area (Å²) in [4.78, 5) is 15.6. The summed E-state index contributed by atoms with van der Waals surface area (Å²) in [5.74, 6) is 0.156. The molecule has 0 bridgehead atoms. The predicted octanol–water partition coefficient (Wildman–Crippen LogP) is 0.147. The number of piperidine rings is 1. The van der Waals surface area contributed by atoms with E-state index >= 15 is 0 Å². The van der Waals surface area contributed by atoms with E-state index in [1.807, 2.05) is 6.92 Å². The van der Waals surface area contributed by atoms with E-state index in [-0.39, 0.29) is 11.9 Å². The van der Waals surface area contributed by atoms with Crippen LogP contribution in [0.2, 0.25) is 0 Å². The van der Waals surface area contributed by atoms with Crippen molar-refractivity contribution >= 4 is 5.91 Å². The monoisotopic (exact) mass is 213 g/mol. The topological polar surface area (TPSA) is 35.6 Å². The number of hydrogen-bond acceptors (Lipinski definition) is 3. The van der Waals surface area contributed by atoms with Gasteiger partial charge in [0.2, 0.25) is 5.91 Å². The van der Waals surface area contributed by atoms with E-state index in [4.69, 9.17) is 0 Å². The van der Waals surface area contributed by atoms with Crippen LogP contribution >= 0.6 is 0 Å². The zero-order chi connectivity index (χ0) is 11.4. The molecule has 0 saturated carbocycles. The minimum atomic E-state index is -0.0727. The number of hydrogen-bond donors (Lipinski definition) is 1. The summed E-state index contributed by atoms with van der Waals surface area (Å²) < 4.78 is 0. The molecule has 1 N–H and O–H groups in total. The quantitative estimate of drug-likeness (QED) is 0.725. The fourth-order valence-corrected chi connectivity index (χ4v) is 2.11. The van der Waals surface area contributed by atoms with Gasteiger partial charge in [-0.05, 0) is 33.4 Å². The molecule has 1 fully saturated rings. The van der Waals surface area contributed by atoms with Gasteiger partial charge in [-0.15, -0.1) is 0 Å². The highest BCUT2D eigenvalue weighted by Gasteiger charge is 2.22. The van der Waals surface area contributed by atoms with Crippen molar-refractivity contribution in [1.29, 1.82) is 0 Å². The SMILES string of the molecule is CC(NC1CCCN(C)C1)C(=O)N(C)C. The summed E-state index contributed by atoms with van der Waals surface area (Å²) in [7, 11) is 5.73. The summed E-state index contributed by atoms with van der Waals surface area (Å²) in [6.45, 7) is 4.16. The third kappa shape index (κ3) is 3.80. The number of nitrogens with one attached hydrogen (secondary N) is 1. The van der Waals surface area contributed by atoms with Gasteiger partial charge in [0.1, 0.15) is 0 Å². The molecule has 1 aliphatic rings. The molecular formula is C11H23N3O. The van der Waals surface area contributed by atoms with Crippen LogP contribution in [0.1, 0.15) is 19.8 Å². The number of carbonyl (C=O) groups is 1. The van der Waals surface area contributed by atoms with Gasteiger partial charge in [0, 0.05) is 26.7 Å². The lowest BCUT2D eigenvalue weighted by molar-refractivity contribution is -0.130. The fourth-order valence-electron chi connectivity index (χ4n) is 2.11. The van der Waals surface area contributed by atoms with Crippen LogP contribution in [-0.4, -0.2) is 62.0 Å². The maximum atomic E-state index is 11.6. The lowest BCUT2D eigenvalue weighted by Crippen LogP contribution is -2.51. The van der Waals surface area contributed by atoms with Crippen LogP contribution in [0, 0.1) is 0 Å².